The Morgan fingerprint density at radius 1 is 1.12 bits per heavy atom. The smallest absolute Gasteiger partial charge is 0.0144 e. The molecule has 5 unspecified atom stereocenters. The SMILES string of the molecule is CCC1CCC(C)N1C1CC(C)CCC1CN. The number of likely N-dealkylation sites (tertiary alicyclic amines) is 1. The van der Waals surface area contributed by atoms with Gasteiger partial charge in [-0.3, -0.25) is 4.90 Å². The largest absolute Gasteiger partial charge is 0.330 e. The summed E-state index contributed by atoms with van der Waals surface area (Å²) in [5, 5.41) is 0. The molecule has 2 N–H and O–H groups in total. The minimum absolute atomic E-state index is 0.751. The molecule has 1 saturated heterocycles. The molecule has 0 amide bonds. The van der Waals surface area contributed by atoms with Crippen LogP contribution < -0.4 is 5.73 Å². The quantitative estimate of drug-likeness (QED) is 0.819. The van der Waals surface area contributed by atoms with Gasteiger partial charge in [-0.15, -0.1) is 0 Å². The average molecular weight is 238 g/mol. The zero-order valence-electron chi connectivity index (χ0n) is 11.9. The molecule has 2 fully saturated rings. The number of nitrogens with zero attached hydrogens (tertiary/aromatic N) is 1. The standard InChI is InChI=1S/C15H30N2/c1-4-14-8-6-12(3)17(14)15-9-11(2)5-7-13(15)10-16/h11-15H,4-10,16H2,1-3H3. The fourth-order valence-corrected chi connectivity index (χ4v) is 4.16. The van der Waals surface area contributed by atoms with Crippen LogP contribution in [0.2, 0.25) is 0 Å². The summed E-state index contributed by atoms with van der Waals surface area (Å²) < 4.78 is 0. The highest BCUT2D eigenvalue weighted by Crippen LogP contribution is 2.38. The van der Waals surface area contributed by atoms with Crippen LogP contribution in [-0.4, -0.2) is 29.6 Å². The lowest BCUT2D eigenvalue weighted by Gasteiger charge is -2.44. The Kier molecular flexibility index (Phi) is 4.48. The van der Waals surface area contributed by atoms with E-state index in [2.05, 4.69) is 25.7 Å². The molecule has 2 rings (SSSR count). The van der Waals surface area contributed by atoms with Crippen LogP contribution in [0.15, 0.2) is 0 Å². The average Bonchev–Trinajstić information content (AvgIpc) is 2.70. The molecule has 1 aliphatic heterocycles. The normalized spacial score (nSPS) is 44.1. The highest BCUT2D eigenvalue weighted by atomic mass is 15.2. The van der Waals surface area contributed by atoms with Gasteiger partial charge in [0.05, 0.1) is 0 Å². The van der Waals surface area contributed by atoms with Crippen molar-refractivity contribution in [2.75, 3.05) is 6.54 Å². The van der Waals surface area contributed by atoms with Gasteiger partial charge in [-0.05, 0) is 57.4 Å². The minimum Gasteiger partial charge on any atom is -0.330 e. The monoisotopic (exact) mass is 238 g/mol. The fraction of sp³-hybridized carbons (Fsp3) is 1.00. The lowest BCUT2D eigenvalue weighted by molar-refractivity contribution is 0.0485. The third-order valence-corrected chi connectivity index (χ3v) is 5.22. The molecule has 0 spiro atoms. The van der Waals surface area contributed by atoms with Crippen LogP contribution in [-0.2, 0) is 0 Å². The van der Waals surface area contributed by atoms with Gasteiger partial charge in [-0.1, -0.05) is 20.3 Å². The summed E-state index contributed by atoms with van der Waals surface area (Å²) in [5.41, 5.74) is 6.01. The van der Waals surface area contributed by atoms with E-state index in [1.54, 1.807) is 0 Å². The maximum Gasteiger partial charge on any atom is 0.0144 e. The number of hydrogen-bond acceptors (Lipinski definition) is 2. The number of rotatable bonds is 3. The molecular formula is C15H30N2. The molecule has 100 valence electrons. The second-order valence-electron chi connectivity index (χ2n) is 6.42. The minimum atomic E-state index is 0.751. The molecule has 0 aromatic heterocycles. The van der Waals surface area contributed by atoms with Gasteiger partial charge in [0.2, 0.25) is 0 Å². The van der Waals surface area contributed by atoms with Crippen molar-refractivity contribution in [1.29, 1.82) is 0 Å². The number of hydrogen-bond donors (Lipinski definition) is 1. The highest BCUT2D eigenvalue weighted by Gasteiger charge is 2.40. The Balaban J connectivity index is 2.11. The molecule has 0 aromatic carbocycles. The third kappa shape index (κ3) is 2.68. The van der Waals surface area contributed by atoms with E-state index >= 15 is 0 Å². The van der Waals surface area contributed by atoms with Gasteiger partial charge in [0.1, 0.15) is 0 Å². The highest BCUT2D eigenvalue weighted by molar-refractivity contribution is 4.94. The summed E-state index contributed by atoms with van der Waals surface area (Å²) in [7, 11) is 0. The zero-order chi connectivity index (χ0) is 12.4. The Labute approximate surface area is 107 Å². The summed E-state index contributed by atoms with van der Waals surface area (Å²) in [5.74, 6) is 1.65. The van der Waals surface area contributed by atoms with Crippen molar-refractivity contribution in [2.24, 2.45) is 17.6 Å². The molecule has 2 heteroatoms. The van der Waals surface area contributed by atoms with Gasteiger partial charge in [0.25, 0.3) is 0 Å². The van der Waals surface area contributed by atoms with Gasteiger partial charge < -0.3 is 5.73 Å². The summed E-state index contributed by atoms with van der Waals surface area (Å²) in [6.07, 6.45) is 8.22. The fourth-order valence-electron chi connectivity index (χ4n) is 4.16. The van der Waals surface area contributed by atoms with Crippen LogP contribution in [0, 0.1) is 11.8 Å². The Morgan fingerprint density at radius 2 is 1.88 bits per heavy atom. The Bertz CT molecular complexity index is 241. The second kappa shape index (κ2) is 5.71. The molecule has 0 bridgehead atoms. The lowest BCUT2D eigenvalue weighted by atomic mass is 9.77. The van der Waals surface area contributed by atoms with Crippen LogP contribution in [0.3, 0.4) is 0 Å². The Hall–Kier alpha value is -0.0800. The van der Waals surface area contributed by atoms with Crippen LogP contribution >= 0.6 is 0 Å². The van der Waals surface area contributed by atoms with E-state index in [0.717, 1.165) is 36.5 Å². The van der Waals surface area contributed by atoms with E-state index in [4.69, 9.17) is 5.73 Å². The first kappa shape index (κ1) is 13.4. The van der Waals surface area contributed by atoms with Crippen LogP contribution in [0.5, 0.6) is 0 Å². The van der Waals surface area contributed by atoms with E-state index in [9.17, 15) is 0 Å². The molecule has 2 aliphatic rings. The number of nitrogens with two attached hydrogens (primary N) is 1. The van der Waals surface area contributed by atoms with Crippen molar-refractivity contribution < 1.29 is 0 Å². The molecule has 0 aromatic rings. The molecule has 17 heavy (non-hydrogen) atoms. The molecule has 1 aliphatic carbocycles. The summed E-state index contributed by atoms with van der Waals surface area (Å²) >= 11 is 0. The van der Waals surface area contributed by atoms with Gasteiger partial charge in [-0.25, -0.2) is 0 Å². The molecule has 2 nitrogen and oxygen atoms in total. The first-order valence-electron chi connectivity index (χ1n) is 7.64. The van der Waals surface area contributed by atoms with Gasteiger partial charge in [0.15, 0.2) is 0 Å². The maximum atomic E-state index is 6.01. The van der Waals surface area contributed by atoms with Crippen molar-refractivity contribution in [3.8, 4) is 0 Å². The van der Waals surface area contributed by atoms with Crippen molar-refractivity contribution >= 4 is 0 Å². The van der Waals surface area contributed by atoms with E-state index in [-0.39, 0.29) is 0 Å². The molecule has 5 atom stereocenters. The molecular weight excluding hydrogens is 208 g/mol. The summed E-state index contributed by atoms with van der Waals surface area (Å²) in [4.78, 5) is 2.84. The van der Waals surface area contributed by atoms with Gasteiger partial charge in [0, 0.05) is 18.1 Å². The molecule has 1 heterocycles. The van der Waals surface area contributed by atoms with Crippen molar-refractivity contribution in [3.63, 3.8) is 0 Å². The van der Waals surface area contributed by atoms with Crippen LogP contribution in [0.4, 0.5) is 0 Å². The summed E-state index contributed by atoms with van der Waals surface area (Å²) in [6, 6.07) is 2.38. The van der Waals surface area contributed by atoms with Crippen molar-refractivity contribution in [1.82, 2.24) is 4.90 Å². The lowest BCUT2D eigenvalue weighted by Crippen LogP contribution is -2.51. The van der Waals surface area contributed by atoms with E-state index in [1.807, 2.05) is 0 Å². The van der Waals surface area contributed by atoms with E-state index in [0.29, 0.717) is 0 Å². The first-order chi connectivity index (χ1) is 8.17. The van der Waals surface area contributed by atoms with E-state index in [1.165, 1.54) is 38.5 Å². The Morgan fingerprint density at radius 3 is 2.53 bits per heavy atom. The summed E-state index contributed by atoms with van der Waals surface area (Å²) in [6.45, 7) is 8.07. The van der Waals surface area contributed by atoms with Crippen LogP contribution in [0.25, 0.3) is 0 Å². The van der Waals surface area contributed by atoms with E-state index < -0.39 is 0 Å². The molecule has 1 saturated carbocycles. The van der Waals surface area contributed by atoms with Crippen molar-refractivity contribution in [2.45, 2.75) is 77.4 Å². The maximum absolute atomic E-state index is 6.01. The van der Waals surface area contributed by atoms with Crippen molar-refractivity contribution in [3.05, 3.63) is 0 Å². The predicted molar refractivity (Wildman–Crippen MR) is 74.0 cm³/mol. The third-order valence-electron chi connectivity index (χ3n) is 5.22. The van der Waals surface area contributed by atoms with Crippen LogP contribution in [0.1, 0.15) is 59.3 Å². The molecule has 0 radical (unpaired) electrons. The zero-order valence-corrected chi connectivity index (χ0v) is 11.9. The predicted octanol–water partition coefficient (Wildman–Crippen LogP) is 3.01. The second-order valence-corrected chi connectivity index (χ2v) is 6.42. The first-order valence-corrected chi connectivity index (χ1v) is 7.64. The van der Waals surface area contributed by atoms with Gasteiger partial charge in [-0.2, -0.15) is 0 Å². The topological polar surface area (TPSA) is 29.3 Å². The van der Waals surface area contributed by atoms with Gasteiger partial charge >= 0.3 is 0 Å².